The number of carbonyl (C=O) groups excluding carboxylic acids is 1. The molecule has 1 unspecified atom stereocenters. The normalized spacial score (nSPS) is 22.3. The van der Waals surface area contributed by atoms with Crippen molar-refractivity contribution in [3.8, 4) is 0 Å². The first kappa shape index (κ1) is 16.5. The van der Waals surface area contributed by atoms with Crippen molar-refractivity contribution in [1.82, 2.24) is 14.9 Å². The van der Waals surface area contributed by atoms with Crippen LogP contribution in [-0.2, 0) is 9.53 Å². The van der Waals surface area contributed by atoms with Gasteiger partial charge in [0.1, 0.15) is 5.82 Å². The summed E-state index contributed by atoms with van der Waals surface area (Å²) in [4.78, 5) is 25.9. The predicted octanol–water partition coefficient (Wildman–Crippen LogP) is 1.58. The highest BCUT2D eigenvalue weighted by molar-refractivity contribution is 7.98. The van der Waals surface area contributed by atoms with Crippen LogP contribution in [0, 0.1) is 12.8 Å². The van der Waals surface area contributed by atoms with Crippen LogP contribution in [0.3, 0.4) is 0 Å². The van der Waals surface area contributed by atoms with E-state index in [4.69, 9.17) is 4.74 Å². The minimum absolute atomic E-state index is 0.0647. The molecule has 0 aromatic carbocycles. The Kier molecular flexibility index (Phi) is 5.38. The van der Waals surface area contributed by atoms with Crippen molar-refractivity contribution < 1.29 is 9.53 Å². The Balaban J connectivity index is 1.70. The van der Waals surface area contributed by atoms with Crippen molar-refractivity contribution in [1.29, 1.82) is 0 Å². The molecule has 2 saturated heterocycles. The summed E-state index contributed by atoms with van der Waals surface area (Å²) in [6.45, 7) is 6.45. The first-order chi connectivity index (χ1) is 11.2. The average molecular weight is 336 g/mol. The number of hydrogen-bond donors (Lipinski definition) is 0. The summed E-state index contributed by atoms with van der Waals surface area (Å²) >= 11 is 1.55. The molecule has 3 rings (SSSR count). The second-order valence-corrected chi connectivity index (χ2v) is 6.85. The van der Waals surface area contributed by atoms with Gasteiger partial charge >= 0.3 is 0 Å². The number of rotatable bonds is 3. The fourth-order valence-corrected chi connectivity index (χ4v) is 3.63. The lowest BCUT2D eigenvalue weighted by molar-refractivity contribution is -0.139. The van der Waals surface area contributed by atoms with E-state index in [1.807, 2.05) is 24.1 Å². The zero-order valence-electron chi connectivity index (χ0n) is 13.8. The van der Waals surface area contributed by atoms with Gasteiger partial charge in [-0.2, -0.15) is 0 Å². The van der Waals surface area contributed by atoms with Crippen molar-refractivity contribution in [3.05, 3.63) is 11.8 Å². The molecule has 0 saturated carbocycles. The molecule has 1 amide bonds. The van der Waals surface area contributed by atoms with Gasteiger partial charge in [-0.1, -0.05) is 11.8 Å². The monoisotopic (exact) mass is 336 g/mol. The molecule has 0 N–H and O–H groups in total. The first-order valence-electron chi connectivity index (χ1n) is 8.18. The molecule has 23 heavy (non-hydrogen) atoms. The van der Waals surface area contributed by atoms with Crippen molar-refractivity contribution in [3.63, 3.8) is 0 Å². The number of amides is 1. The molecule has 1 atom stereocenters. The number of aryl methyl sites for hydroxylation is 1. The molecule has 0 bridgehead atoms. The summed E-state index contributed by atoms with van der Waals surface area (Å²) in [7, 11) is 0. The predicted molar refractivity (Wildman–Crippen MR) is 90.9 cm³/mol. The van der Waals surface area contributed by atoms with E-state index in [9.17, 15) is 4.79 Å². The lowest BCUT2D eigenvalue weighted by Crippen LogP contribution is -2.48. The maximum Gasteiger partial charge on any atom is 0.227 e. The van der Waals surface area contributed by atoms with Gasteiger partial charge < -0.3 is 14.5 Å². The molecular formula is C16H24N4O2S. The smallest absolute Gasteiger partial charge is 0.227 e. The summed E-state index contributed by atoms with van der Waals surface area (Å²) in [6.07, 6.45) is 3.98. The number of carbonyl (C=O) groups is 1. The van der Waals surface area contributed by atoms with Crippen molar-refractivity contribution in [2.75, 3.05) is 50.5 Å². The Hall–Kier alpha value is -1.34. The summed E-state index contributed by atoms with van der Waals surface area (Å²) in [5.74, 6) is 1.28. The van der Waals surface area contributed by atoms with E-state index in [1.165, 1.54) is 0 Å². The lowest BCUT2D eigenvalue weighted by atomic mass is 9.96. The largest absolute Gasteiger partial charge is 0.378 e. The van der Waals surface area contributed by atoms with Gasteiger partial charge in [-0.05, 0) is 26.0 Å². The minimum atomic E-state index is 0.0647. The first-order valence-corrected chi connectivity index (χ1v) is 9.41. The van der Waals surface area contributed by atoms with E-state index >= 15 is 0 Å². The van der Waals surface area contributed by atoms with E-state index in [1.54, 1.807) is 11.8 Å². The molecule has 6 nitrogen and oxygen atoms in total. The minimum Gasteiger partial charge on any atom is -0.378 e. The Bertz CT molecular complexity index is 563. The molecular weight excluding hydrogens is 312 g/mol. The van der Waals surface area contributed by atoms with Crippen LogP contribution in [0.25, 0.3) is 0 Å². The zero-order chi connectivity index (χ0) is 16.2. The Labute approximate surface area is 141 Å². The third-order valence-electron chi connectivity index (χ3n) is 4.42. The second kappa shape index (κ2) is 7.49. The van der Waals surface area contributed by atoms with Gasteiger partial charge in [0, 0.05) is 37.9 Å². The van der Waals surface area contributed by atoms with Crippen LogP contribution in [0.5, 0.6) is 0 Å². The topological polar surface area (TPSA) is 58.6 Å². The van der Waals surface area contributed by atoms with Gasteiger partial charge in [-0.25, -0.2) is 9.97 Å². The lowest BCUT2D eigenvalue weighted by Gasteiger charge is -2.36. The molecule has 0 spiro atoms. The Morgan fingerprint density at radius 1 is 1.30 bits per heavy atom. The van der Waals surface area contributed by atoms with Gasteiger partial charge in [-0.3, -0.25) is 4.79 Å². The summed E-state index contributed by atoms with van der Waals surface area (Å²) in [5, 5.41) is 0.793. The van der Waals surface area contributed by atoms with Crippen LogP contribution < -0.4 is 4.90 Å². The van der Waals surface area contributed by atoms with Crippen molar-refractivity contribution in [2.24, 2.45) is 5.92 Å². The summed E-state index contributed by atoms with van der Waals surface area (Å²) < 4.78 is 5.34. The molecule has 126 valence electrons. The third-order valence-corrected chi connectivity index (χ3v) is 4.97. The van der Waals surface area contributed by atoms with E-state index in [0.29, 0.717) is 13.2 Å². The van der Waals surface area contributed by atoms with Crippen LogP contribution in [-0.4, -0.2) is 66.4 Å². The maximum atomic E-state index is 12.7. The van der Waals surface area contributed by atoms with Crippen LogP contribution >= 0.6 is 11.8 Å². The molecule has 1 aromatic heterocycles. The highest BCUT2D eigenvalue weighted by Crippen LogP contribution is 2.25. The van der Waals surface area contributed by atoms with E-state index in [0.717, 1.165) is 55.7 Å². The third kappa shape index (κ3) is 3.95. The molecule has 7 heteroatoms. The highest BCUT2D eigenvalue weighted by Gasteiger charge is 2.30. The highest BCUT2D eigenvalue weighted by atomic mass is 32.2. The number of anilines is 1. The van der Waals surface area contributed by atoms with Crippen LogP contribution in [0.2, 0.25) is 0 Å². The number of aromatic nitrogens is 2. The SMILES string of the molecule is CSc1nc(C)cc(N2CCCC(C(=O)N3CCOCC3)C2)n1. The average Bonchev–Trinajstić information content (AvgIpc) is 2.61. The standard InChI is InChI=1S/C16H24N4O2S/c1-12-10-14(18-16(17-12)23-2)20-5-3-4-13(11-20)15(21)19-6-8-22-9-7-19/h10,13H,3-9,11H2,1-2H3. The van der Waals surface area contributed by atoms with Gasteiger partial charge in [-0.15, -0.1) is 0 Å². The Morgan fingerprint density at radius 2 is 2.09 bits per heavy atom. The number of nitrogens with zero attached hydrogens (tertiary/aromatic N) is 4. The summed E-state index contributed by atoms with van der Waals surface area (Å²) in [5.41, 5.74) is 0.973. The fourth-order valence-electron chi connectivity index (χ4n) is 3.21. The van der Waals surface area contributed by atoms with E-state index in [-0.39, 0.29) is 11.8 Å². The zero-order valence-corrected chi connectivity index (χ0v) is 14.6. The second-order valence-electron chi connectivity index (χ2n) is 6.08. The molecule has 2 fully saturated rings. The van der Waals surface area contributed by atoms with Gasteiger partial charge in [0.25, 0.3) is 0 Å². The van der Waals surface area contributed by atoms with Crippen molar-refractivity contribution >= 4 is 23.5 Å². The molecule has 2 aliphatic rings. The van der Waals surface area contributed by atoms with Crippen molar-refractivity contribution in [2.45, 2.75) is 24.9 Å². The molecule has 0 aliphatic carbocycles. The number of morpholine rings is 1. The number of thioether (sulfide) groups is 1. The van der Waals surface area contributed by atoms with E-state index in [2.05, 4.69) is 14.9 Å². The number of hydrogen-bond acceptors (Lipinski definition) is 6. The van der Waals surface area contributed by atoms with E-state index < -0.39 is 0 Å². The number of ether oxygens (including phenoxy) is 1. The van der Waals surface area contributed by atoms with Crippen LogP contribution in [0.4, 0.5) is 5.82 Å². The maximum absolute atomic E-state index is 12.7. The molecule has 1 aromatic rings. The van der Waals surface area contributed by atoms with Gasteiger partial charge in [0.2, 0.25) is 5.91 Å². The summed E-state index contributed by atoms with van der Waals surface area (Å²) in [6, 6.07) is 2.02. The molecule has 0 radical (unpaired) electrons. The number of piperidine rings is 1. The van der Waals surface area contributed by atoms with Crippen LogP contribution in [0.15, 0.2) is 11.2 Å². The fraction of sp³-hybridized carbons (Fsp3) is 0.688. The molecule has 2 aliphatic heterocycles. The van der Waals surface area contributed by atoms with Gasteiger partial charge in [0.05, 0.1) is 19.1 Å². The Morgan fingerprint density at radius 3 is 2.83 bits per heavy atom. The molecule has 3 heterocycles. The van der Waals surface area contributed by atoms with Crippen LogP contribution in [0.1, 0.15) is 18.5 Å². The quantitative estimate of drug-likeness (QED) is 0.617. The van der Waals surface area contributed by atoms with Gasteiger partial charge in [0.15, 0.2) is 5.16 Å².